The molecule has 1 aliphatic heterocycles. The second-order valence-corrected chi connectivity index (χ2v) is 9.69. The largest absolute Gasteiger partial charge is 0.573 e. The van der Waals surface area contributed by atoms with Gasteiger partial charge in [-0.1, -0.05) is 34.8 Å². The van der Waals surface area contributed by atoms with Gasteiger partial charge in [-0.3, -0.25) is 9.59 Å². The van der Waals surface area contributed by atoms with Crippen LogP contribution in [0.3, 0.4) is 0 Å². The Kier molecular flexibility index (Phi) is 7.45. The van der Waals surface area contributed by atoms with Crippen molar-refractivity contribution in [2.24, 2.45) is 0 Å². The van der Waals surface area contributed by atoms with Crippen LogP contribution in [0, 0.1) is 0 Å². The number of halogens is 3. The van der Waals surface area contributed by atoms with E-state index < -0.39 is 12.3 Å². The second kappa shape index (κ2) is 10.5. The SMILES string of the molecule is CC(=O)Nc1nnc(C2CCCN(c3nnc(NC(=O)Cc4cccc(OC(F)(F)F)c4)s3)C2)s1. The molecule has 1 aromatic carbocycles. The maximum Gasteiger partial charge on any atom is 0.573 e. The van der Waals surface area contributed by atoms with Gasteiger partial charge < -0.3 is 20.3 Å². The molecule has 1 aliphatic rings. The van der Waals surface area contributed by atoms with E-state index in [1.165, 1.54) is 47.8 Å². The van der Waals surface area contributed by atoms with Gasteiger partial charge in [-0.15, -0.1) is 33.6 Å². The van der Waals surface area contributed by atoms with Crippen LogP contribution in [0.1, 0.15) is 36.3 Å². The van der Waals surface area contributed by atoms with E-state index in [9.17, 15) is 22.8 Å². The Morgan fingerprint density at radius 1 is 1.14 bits per heavy atom. The highest BCUT2D eigenvalue weighted by molar-refractivity contribution is 7.19. The van der Waals surface area contributed by atoms with Crippen molar-refractivity contribution in [1.82, 2.24) is 20.4 Å². The molecule has 0 spiro atoms. The van der Waals surface area contributed by atoms with Gasteiger partial charge >= 0.3 is 6.36 Å². The van der Waals surface area contributed by atoms with E-state index in [2.05, 4.69) is 40.7 Å². The fraction of sp³-hybridized carbons (Fsp3) is 0.400. The van der Waals surface area contributed by atoms with Gasteiger partial charge in [0.15, 0.2) is 0 Å². The first-order chi connectivity index (χ1) is 16.6. The summed E-state index contributed by atoms with van der Waals surface area (Å²) in [4.78, 5) is 25.7. The summed E-state index contributed by atoms with van der Waals surface area (Å²) in [6.07, 6.45) is -3.13. The summed E-state index contributed by atoms with van der Waals surface area (Å²) in [5.41, 5.74) is 0.364. The lowest BCUT2D eigenvalue weighted by Gasteiger charge is -2.30. The van der Waals surface area contributed by atoms with Gasteiger partial charge in [0.1, 0.15) is 10.8 Å². The number of nitrogens with one attached hydrogen (secondary N) is 2. The molecular weight excluding hydrogens is 507 g/mol. The molecule has 0 radical (unpaired) electrons. The number of alkyl halides is 3. The molecule has 0 saturated carbocycles. The van der Waals surface area contributed by atoms with Gasteiger partial charge in [-0.05, 0) is 30.5 Å². The Bertz CT molecular complexity index is 1200. The number of anilines is 3. The molecule has 2 amide bonds. The maximum atomic E-state index is 12.4. The van der Waals surface area contributed by atoms with Crippen molar-refractivity contribution < 1.29 is 27.5 Å². The first kappa shape index (κ1) is 24.8. The Morgan fingerprint density at radius 3 is 2.69 bits per heavy atom. The fourth-order valence-corrected chi connectivity index (χ4v) is 5.26. The van der Waals surface area contributed by atoms with Gasteiger partial charge in [0, 0.05) is 25.9 Å². The smallest absolute Gasteiger partial charge is 0.406 e. The van der Waals surface area contributed by atoms with Crippen molar-refractivity contribution in [3.8, 4) is 5.75 Å². The normalized spacial score (nSPS) is 16.1. The summed E-state index contributed by atoms with van der Waals surface area (Å²) in [5.74, 6) is -0.909. The summed E-state index contributed by atoms with van der Waals surface area (Å²) < 4.78 is 41.1. The monoisotopic (exact) mass is 527 g/mol. The van der Waals surface area contributed by atoms with E-state index in [0.29, 0.717) is 27.5 Å². The molecule has 1 saturated heterocycles. The fourth-order valence-electron chi connectivity index (χ4n) is 3.55. The van der Waals surface area contributed by atoms with Crippen LogP contribution in [0.5, 0.6) is 5.75 Å². The van der Waals surface area contributed by atoms with Gasteiger partial charge in [0.05, 0.1) is 6.42 Å². The van der Waals surface area contributed by atoms with Gasteiger partial charge in [-0.2, -0.15) is 0 Å². The minimum Gasteiger partial charge on any atom is -0.406 e. The zero-order valence-corrected chi connectivity index (χ0v) is 20.0. The minimum absolute atomic E-state index is 0.122. The molecule has 15 heteroatoms. The van der Waals surface area contributed by atoms with Crippen LogP contribution in [0.15, 0.2) is 24.3 Å². The van der Waals surface area contributed by atoms with Gasteiger partial charge in [-0.25, -0.2) is 0 Å². The third-order valence-electron chi connectivity index (χ3n) is 4.92. The molecule has 0 bridgehead atoms. The van der Waals surface area contributed by atoms with Crippen molar-refractivity contribution in [3.63, 3.8) is 0 Å². The highest BCUT2D eigenvalue weighted by Gasteiger charge is 2.31. The van der Waals surface area contributed by atoms with Crippen LogP contribution >= 0.6 is 22.7 Å². The Hall–Kier alpha value is -3.33. The van der Waals surface area contributed by atoms with Crippen LogP contribution < -0.4 is 20.3 Å². The molecule has 1 fully saturated rings. The van der Waals surface area contributed by atoms with Crippen molar-refractivity contribution >= 4 is 49.9 Å². The average Bonchev–Trinajstić information content (AvgIpc) is 3.42. The molecule has 35 heavy (non-hydrogen) atoms. The molecular formula is C20H20F3N7O3S2. The minimum atomic E-state index is -4.80. The third-order valence-corrected chi connectivity index (χ3v) is 6.82. The summed E-state index contributed by atoms with van der Waals surface area (Å²) in [5, 5.41) is 23.9. The van der Waals surface area contributed by atoms with E-state index >= 15 is 0 Å². The lowest BCUT2D eigenvalue weighted by molar-refractivity contribution is -0.274. The average molecular weight is 528 g/mol. The predicted molar refractivity (Wildman–Crippen MR) is 124 cm³/mol. The van der Waals surface area contributed by atoms with E-state index in [1.807, 2.05) is 0 Å². The number of aromatic nitrogens is 4. The topological polar surface area (TPSA) is 122 Å². The number of carbonyl (C=O) groups is 2. The van der Waals surface area contributed by atoms with Crippen molar-refractivity contribution in [1.29, 1.82) is 0 Å². The Morgan fingerprint density at radius 2 is 1.91 bits per heavy atom. The standard InChI is InChI=1S/C20H20F3N7O3S2/c1-11(31)24-17-27-26-16(34-17)13-5-3-7-30(10-13)19-29-28-18(35-19)25-15(32)9-12-4-2-6-14(8-12)33-20(21,22)23/h2,4,6,8,13H,3,5,7,9-10H2,1H3,(H,24,27,31)(H,25,28,32). The number of piperidine rings is 1. The molecule has 10 nitrogen and oxygen atoms in total. The van der Waals surface area contributed by atoms with Gasteiger partial charge in [0.25, 0.3) is 0 Å². The molecule has 1 unspecified atom stereocenters. The summed E-state index contributed by atoms with van der Waals surface area (Å²) >= 11 is 2.55. The van der Waals surface area contributed by atoms with Crippen molar-refractivity contribution in [2.75, 3.05) is 28.6 Å². The zero-order chi connectivity index (χ0) is 25.0. The predicted octanol–water partition coefficient (Wildman–Crippen LogP) is 3.81. The second-order valence-electron chi connectivity index (χ2n) is 7.72. The molecule has 3 heterocycles. The molecule has 1 atom stereocenters. The summed E-state index contributed by atoms with van der Waals surface area (Å²) in [6.45, 7) is 2.82. The highest BCUT2D eigenvalue weighted by atomic mass is 32.1. The van der Waals surface area contributed by atoms with Crippen LogP contribution in [-0.2, 0) is 16.0 Å². The van der Waals surface area contributed by atoms with Crippen molar-refractivity contribution in [2.45, 2.75) is 38.5 Å². The lowest BCUT2D eigenvalue weighted by atomic mass is 9.99. The van der Waals surface area contributed by atoms with Crippen LogP contribution in [0.25, 0.3) is 0 Å². The Labute approximate surface area is 205 Å². The van der Waals surface area contributed by atoms with E-state index in [0.717, 1.165) is 30.5 Å². The highest BCUT2D eigenvalue weighted by Crippen LogP contribution is 2.34. The summed E-state index contributed by atoms with van der Waals surface area (Å²) in [7, 11) is 0. The number of carbonyl (C=O) groups excluding carboxylic acids is 2. The maximum absolute atomic E-state index is 12.4. The summed E-state index contributed by atoms with van der Waals surface area (Å²) in [6, 6.07) is 5.25. The molecule has 4 rings (SSSR count). The molecule has 2 aromatic heterocycles. The number of nitrogens with zero attached hydrogens (tertiary/aromatic N) is 5. The number of rotatable bonds is 7. The van der Waals surface area contributed by atoms with E-state index in [4.69, 9.17) is 0 Å². The van der Waals surface area contributed by atoms with E-state index in [-0.39, 0.29) is 24.0 Å². The number of hydrogen-bond donors (Lipinski definition) is 2. The number of amides is 2. The first-order valence-corrected chi connectivity index (χ1v) is 12.1. The number of ether oxygens (including phenoxy) is 1. The zero-order valence-electron chi connectivity index (χ0n) is 18.3. The molecule has 2 N–H and O–H groups in total. The lowest BCUT2D eigenvalue weighted by Crippen LogP contribution is -2.34. The molecule has 186 valence electrons. The Balaban J connectivity index is 1.34. The first-order valence-electron chi connectivity index (χ1n) is 10.5. The van der Waals surface area contributed by atoms with Crippen LogP contribution in [0.2, 0.25) is 0 Å². The number of hydrogen-bond acceptors (Lipinski definition) is 10. The molecule has 3 aromatic rings. The van der Waals surface area contributed by atoms with Crippen molar-refractivity contribution in [3.05, 3.63) is 34.8 Å². The van der Waals surface area contributed by atoms with E-state index in [1.54, 1.807) is 0 Å². The van der Waals surface area contributed by atoms with Crippen LogP contribution in [0.4, 0.5) is 28.6 Å². The quantitative estimate of drug-likeness (QED) is 0.476. The van der Waals surface area contributed by atoms with Crippen LogP contribution in [-0.4, -0.2) is 51.7 Å². The molecule has 0 aliphatic carbocycles. The van der Waals surface area contributed by atoms with Gasteiger partial charge in [0.2, 0.25) is 27.2 Å². The number of benzene rings is 1. The third kappa shape index (κ3) is 7.08.